The molecule has 3 rings (SSSR count). The van der Waals surface area contributed by atoms with Crippen molar-refractivity contribution in [2.45, 2.75) is 12.0 Å². The third-order valence-electron chi connectivity index (χ3n) is 3.04. The second kappa shape index (κ2) is 3.24. The van der Waals surface area contributed by atoms with Crippen LogP contribution >= 0.6 is 0 Å². The van der Waals surface area contributed by atoms with Crippen molar-refractivity contribution in [3.63, 3.8) is 0 Å². The molecule has 0 radical (unpaired) electrons. The van der Waals surface area contributed by atoms with E-state index in [1.54, 1.807) is 0 Å². The Morgan fingerprint density at radius 3 is 3.00 bits per heavy atom. The van der Waals surface area contributed by atoms with Crippen molar-refractivity contribution < 1.29 is 9.84 Å². The molecule has 2 heteroatoms. The highest BCUT2D eigenvalue weighted by Crippen LogP contribution is 2.43. The van der Waals surface area contributed by atoms with Crippen LogP contribution in [0.25, 0.3) is 0 Å². The summed E-state index contributed by atoms with van der Waals surface area (Å²) in [5, 5.41) is 9.31. The fourth-order valence-electron chi connectivity index (χ4n) is 2.34. The Morgan fingerprint density at radius 2 is 2.13 bits per heavy atom. The summed E-state index contributed by atoms with van der Waals surface area (Å²) in [6.45, 7) is 0.100. The van der Waals surface area contributed by atoms with E-state index in [1.807, 2.05) is 36.4 Å². The van der Waals surface area contributed by atoms with Crippen LogP contribution in [-0.4, -0.2) is 17.8 Å². The number of fused-ring (bicyclic) bond motifs is 3. The van der Waals surface area contributed by atoms with Gasteiger partial charge in [-0.25, -0.2) is 0 Å². The van der Waals surface area contributed by atoms with Gasteiger partial charge in [-0.15, -0.1) is 0 Å². The van der Waals surface area contributed by atoms with Crippen LogP contribution in [-0.2, 0) is 0 Å². The molecule has 1 aromatic carbocycles. The lowest BCUT2D eigenvalue weighted by Gasteiger charge is -2.20. The highest BCUT2D eigenvalue weighted by atomic mass is 16.5. The van der Waals surface area contributed by atoms with Gasteiger partial charge >= 0.3 is 0 Å². The number of ether oxygens (including phenoxy) is 1. The van der Waals surface area contributed by atoms with Crippen LogP contribution in [0.15, 0.2) is 48.1 Å². The van der Waals surface area contributed by atoms with Gasteiger partial charge in [0.25, 0.3) is 0 Å². The van der Waals surface area contributed by atoms with Crippen molar-refractivity contribution in [3.8, 4) is 5.75 Å². The first-order valence-electron chi connectivity index (χ1n) is 5.14. The molecule has 0 saturated carbocycles. The maximum atomic E-state index is 9.31. The molecule has 0 spiro atoms. The van der Waals surface area contributed by atoms with Gasteiger partial charge in [-0.1, -0.05) is 30.4 Å². The largest absolute Gasteiger partial charge is 0.485 e. The molecule has 76 valence electrons. The number of hydrogen-bond acceptors (Lipinski definition) is 2. The summed E-state index contributed by atoms with van der Waals surface area (Å²) >= 11 is 0. The molecule has 2 atom stereocenters. The van der Waals surface area contributed by atoms with Gasteiger partial charge in [0.2, 0.25) is 0 Å². The minimum atomic E-state index is 0.0644. The summed E-state index contributed by atoms with van der Waals surface area (Å²) in [7, 11) is 0. The maximum absolute atomic E-state index is 9.31. The minimum absolute atomic E-state index is 0.0644. The van der Waals surface area contributed by atoms with Gasteiger partial charge in [-0.3, -0.25) is 0 Å². The number of para-hydroxylation sites is 1. The van der Waals surface area contributed by atoms with Gasteiger partial charge in [0, 0.05) is 5.56 Å². The summed E-state index contributed by atoms with van der Waals surface area (Å²) in [5.74, 6) is 1.15. The van der Waals surface area contributed by atoms with E-state index in [1.165, 1.54) is 5.56 Å². The van der Waals surface area contributed by atoms with Crippen molar-refractivity contribution in [2.24, 2.45) is 0 Å². The van der Waals surface area contributed by atoms with Crippen LogP contribution in [0.3, 0.4) is 0 Å². The van der Waals surface area contributed by atoms with Gasteiger partial charge in [-0.2, -0.15) is 0 Å². The molecule has 1 aliphatic carbocycles. The summed E-state index contributed by atoms with van der Waals surface area (Å²) in [5.41, 5.74) is 2.22. The van der Waals surface area contributed by atoms with Crippen LogP contribution in [0.5, 0.6) is 5.75 Å². The van der Waals surface area contributed by atoms with E-state index in [0.717, 1.165) is 11.3 Å². The molecular weight excluding hydrogens is 188 g/mol. The first kappa shape index (κ1) is 8.74. The Hall–Kier alpha value is -1.54. The van der Waals surface area contributed by atoms with Gasteiger partial charge in [0.05, 0.1) is 12.5 Å². The fourth-order valence-corrected chi connectivity index (χ4v) is 2.34. The predicted octanol–water partition coefficient (Wildman–Crippen LogP) is 2.02. The van der Waals surface area contributed by atoms with Crippen molar-refractivity contribution >= 4 is 0 Å². The van der Waals surface area contributed by atoms with Gasteiger partial charge in [0.15, 0.2) is 0 Å². The van der Waals surface area contributed by atoms with Gasteiger partial charge in [0.1, 0.15) is 11.9 Å². The van der Waals surface area contributed by atoms with E-state index >= 15 is 0 Å². The molecular formula is C13H12O2. The van der Waals surface area contributed by atoms with E-state index < -0.39 is 0 Å². The van der Waals surface area contributed by atoms with Gasteiger partial charge < -0.3 is 9.84 Å². The van der Waals surface area contributed by atoms with Crippen molar-refractivity contribution in [1.82, 2.24) is 0 Å². The zero-order chi connectivity index (χ0) is 10.3. The Labute approximate surface area is 88.5 Å². The Balaban J connectivity index is 2.10. The number of aliphatic hydroxyl groups excluding tert-OH is 1. The molecule has 1 aliphatic heterocycles. The Kier molecular flexibility index (Phi) is 1.89. The standard InChI is InChI=1S/C13H12O2/c14-8-9-4-3-7-12-13(9)10-5-1-2-6-11(10)15-12/h1-7,12-14H,8H2/t12-,13-/m1/s1. The molecule has 1 N–H and O–H groups in total. The number of benzene rings is 1. The minimum Gasteiger partial charge on any atom is -0.485 e. The zero-order valence-electron chi connectivity index (χ0n) is 8.26. The smallest absolute Gasteiger partial charge is 0.128 e. The zero-order valence-corrected chi connectivity index (χ0v) is 8.26. The second-order valence-electron chi connectivity index (χ2n) is 3.88. The SMILES string of the molecule is OCC1=CC=C[C@H]2Oc3ccccc3[C@@H]12. The monoisotopic (exact) mass is 200 g/mol. The third-order valence-corrected chi connectivity index (χ3v) is 3.04. The fraction of sp³-hybridized carbons (Fsp3) is 0.231. The Morgan fingerprint density at radius 1 is 1.27 bits per heavy atom. The van der Waals surface area contributed by atoms with Crippen LogP contribution in [0, 0.1) is 0 Å². The third kappa shape index (κ3) is 1.22. The van der Waals surface area contributed by atoms with E-state index in [-0.39, 0.29) is 18.6 Å². The lowest BCUT2D eigenvalue weighted by Crippen LogP contribution is -2.21. The molecule has 0 aromatic heterocycles. The molecule has 0 amide bonds. The van der Waals surface area contributed by atoms with Crippen LogP contribution < -0.4 is 4.74 Å². The van der Waals surface area contributed by atoms with Gasteiger partial charge in [-0.05, 0) is 17.7 Å². The van der Waals surface area contributed by atoms with E-state index in [9.17, 15) is 5.11 Å². The van der Waals surface area contributed by atoms with E-state index in [0.29, 0.717) is 0 Å². The topological polar surface area (TPSA) is 29.5 Å². The molecule has 0 fully saturated rings. The normalized spacial score (nSPS) is 26.6. The lowest BCUT2D eigenvalue weighted by atomic mass is 9.85. The van der Waals surface area contributed by atoms with Crippen LogP contribution in [0.1, 0.15) is 11.5 Å². The average molecular weight is 200 g/mol. The van der Waals surface area contributed by atoms with Crippen molar-refractivity contribution in [2.75, 3.05) is 6.61 Å². The summed E-state index contributed by atoms with van der Waals surface area (Å²) < 4.78 is 5.80. The predicted molar refractivity (Wildman–Crippen MR) is 57.9 cm³/mol. The number of aliphatic hydroxyl groups is 1. The van der Waals surface area contributed by atoms with Crippen molar-refractivity contribution in [1.29, 1.82) is 0 Å². The molecule has 2 aliphatic rings. The molecule has 15 heavy (non-hydrogen) atoms. The first-order chi connectivity index (χ1) is 7.40. The highest BCUT2D eigenvalue weighted by molar-refractivity contribution is 5.49. The van der Waals surface area contributed by atoms with E-state index in [2.05, 4.69) is 6.07 Å². The molecule has 0 saturated heterocycles. The van der Waals surface area contributed by atoms with Crippen LogP contribution in [0.2, 0.25) is 0 Å². The Bertz CT molecular complexity index is 446. The molecule has 0 unspecified atom stereocenters. The van der Waals surface area contributed by atoms with E-state index in [4.69, 9.17) is 4.74 Å². The first-order valence-corrected chi connectivity index (χ1v) is 5.14. The molecule has 1 heterocycles. The summed E-state index contributed by atoms with van der Waals surface area (Å²) in [6.07, 6.45) is 6.05. The van der Waals surface area contributed by atoms with Crippen LogP contribution in [0.4, 0.5) is 0 Å². The van der Waals surface area contributed by atoms with Crippen molar-refractivity contribution in [3.05, 3.63) is 53.6 Å². The lowest BCUT2D eigenvalue weighted by molar-refractivity contribution is 0.249. The number of rotatable bonds is 1. The molecule has 2 nitrogen and oxygen atoms in total. The molecule has 1 aromatic rings. The number of hydrogen-bond donors (Lipinski definition) is 1. The quantitative estimate of drug-likeness (QED) is 0.751. The molecule has 0 bridgehead atoms. The summed E-state index contributed by atoms with van der Waals surface area (Å²) in [4.78, 5) is 0. The second-order valence-corrected chi connectivity index (χ2v) is 3.88. The number of allylic oxidation sites excluding steroid dienone is 2. The maximum Gasteiger partial charge on any atom is 0.128 e. The summed E-state index contributed by atoms with van der Waals surface area (Å²) in [6, 6.07) is 8.04. The highest BCUT2D eigenvalue weighted by Gasteiger charge is 2.35. The average Bonchev–Trinajstić information content (AvgIpc) is 2.67.